The Balaban J connectivity index is 3.05. The molecule has 0 aliphatic carbocycles. The third-order valence-electron chi connectivity index (χ3n) is 2.10. The zero-order valence-electron chi connectivity index (χ0n) is 9.15. The largest absolute Gasteiger partial charge is 0.495 e. The van der Waals surface area contributed by atoms with Gasteiger partial charge in [-0.2, -0.15) is 0 Å². The summed E-state index contributed by atoms with van der Waals surface area (Å²) in [4.78, 5) is 21.6. The summed E-state index contributed by atoms with van der Waals surface area (Å²) < 4.78 is 9.65. The first-order chi connectivity index (χ1) is 7.72. The zero-order valence-corrected chi connectivity index (χ0v) is 9.15. The standard InChI is InChI=1S/C11H13NO4/c1-15-9-5-3-4-8(6-10(14)16-2)11(9)12-7-13/h3-5,7H,6H2,1-2H3,(H,12,13). The van der Waals surface area contributed by atoms with E-state index in [1.807, 2.05) is 0 Å². The molecule has 1 aromatic rings. The van der Waals surface area contributed by atoms with Crippen molar-refractivity contribution in [2.24, 2.45) is 0 Å². The fourth-order valence-corrected chi connectivity index (χ4v) is 1.34. The highest BCUT2D eigenvalue weighted by atomic mass is 16.5. The van der Waals surface area contributed by atoms with Crippen LogP contribution in [0.1, 0.15) is 5.56 Å². The summed E-state index contributed by atoms with van der Waals surface area (Å²) in [5, 5.41) is 2.51. The summed E-state index contributed by atoms with van der Waals surface area (Å²) in [6.07, 6.45) is 0.627. The molecule has 1 rings (SSSR count). The topological polar surface area (TPSA) is 64.6 Å². The molecule has 0 aromatic heterocycles. The highest BCUT2D eigenvalue weighted by Gasteiger charge is 2.11. The van der Waals surface area contributed by atoms with Crippen molar-refractivity contribution in [3.05, 3.63) is 23.8 Å². The maximum atomic E-state index is 11.2. The molecule has 1 aromatic carbocycles. The third kappa shape index (κ3) is 2.73. The van der Waals surface area contributed by atoms with E-state index in [0.717, 1.165) is 0 Å². The molecule has 0 aliphatic rings. The number of nitrogens with one attached hydrogen (secondary N) is 1. The number of esters is 1. The van der Waals surface area contributed by atoms with Gasteiger partial charge in [-0.05, 0) is 11.6 Å². The minimum absolute atomic E-state index is 0.0872. The van der Waals surface area contributed by atoms with Crippen LogP contribution in [0.3, 0.4) is 0 Å². The van der Waals surface area contributed by atoms with Crippen LogP contribution in [-0.2, 0) is 20.7 Å². The van der Waals surface area contributed by atoms with Crippen LogP contribution in [-0.4, -0.2) is 26.6 Å². The normalized spacial score (nSPS) is 9.38. The van der Waals surface area contributed by atoms with E-state index in [0.29, 0.717) is 23.4 Å². The van der Waals surface area contributed by atoms with E-state index in [-0.39, 0.29) is 12.4 Å². The molecule has 0 saturated carbocycles. The minimum Gasteiger partial charge on any atom is -0.495 e. The van der Waals surface area contributed by atoms with Gasteiger partial charge in [0.2, 0.25) is 6.41 Å². The van der Waals surface area contributed by atoms with Crippen LogP contribution in [0, 0.1) is 0 Å². The van der Waals surface area contributed by atoms with Crippen LogP contribution < -0.4 is 10.1 Å². The molecule has 0 heterocycles. The number of rotatable bonds is 5. The Morgan fingerprint density at radius 2 is 2.19 bits per heavy atom. The lowest BCUT2D eigenvalue weighted by Crippen LogP contribution is -2.08. The van der Waals surface area contributed by atoms with Gasteiger partial charge in [0.25, 0.3) is 0 Å². The maximum absolute atomic E-state index is 11.2. The SMILES string of the molecule is COC(=O)Cc1cccc(OC)c1NC=O. The van der Waals surface area contributed by atoms with Gasteiger partial charge in [-0.1, -0.05) is 12.1 Å². The number of methoxy groups -OCH3 is 2. The summed E-state index contributed by atoms with van der Waals surface area (Å²) in [6, 6.07) is 5.17. The van der Waals surface area contributed by atoms with E-state index in [2.05, 4.69) is 10.1 Å². The average molecular weight is 223 g/mol. The first-order valence-electron chi connectivity index (χ1n) is 4.65. The van der Waals surface area contributed by atoms with Crippen molar-refractivity contribution in [1.82, 2.24) is 0 Å². The molecule has 1 N–H and O–H groups in total. The Bertz CT molecular complexity index is 390. The van der Waals surface area contributed by atoms with Crippen LogP contribution in [0.25, 0.3) is 0 Å². The Kier molecular flexibility index (Phi) is 4.32. The number of ether oxygens (including phenoxy) is 2. The van der Waals surface area contributed by atoms with Gasteiger partial charge in [0.05, 0.1) is 26.3 Å². The summed E-state index contributed by atoms with van der Waals surface area (Å²) in [5.74, 6) is 0.135. The second-order valence-corrected chi connectivity index (χ2v) is 3.01. The first kappa shape index (κ1) is 12.0. The maximum Gasteiger partial charge on any atom is 0.310 e. The number of carbonyl (C=O) groups excluding carboxylic acids is 2. The summed E-state index contributed by atoms with van der Waals surface area (Å²) in [7, 11) is 2.81. The van der Waals surface area contributed by atoms with E-state index in [9.17, 15) is 9.59 Å². The molecule has 5 nitrogen and oxygen atoms in total. The number of carbonyl (C=O) groups is 2. The van der Waals surface area contributed by atoms with Gasteiger partial charge in [0, 0.05) is 0 Å². The van der Waals surface area contributed by atoms with Crippen molar-refractivity contribution < 1.29 is 19.1 Å². The van der Waals surface area contributed by atoms with E-state index in [1.54, 1.807) is 18.2 Å². The summed E-state index contributed by atoms with van der Waals surface area (Å²) >= 11 is 0. The van der Waals surface area contributed by atoms with Crippen molar-refractivity contribution in [1.29, 1.82) is 0 Å². The fraction of sp³-hybridized carbons (Fsp3) is 0.273. The molecule has 0 unspecified atom stereocenters. The number of hydrogen-bond donors (Lipinski definition) is 1. The molecule has 0 bridgehead atoms. The molecule has 86 valence electrons. The van der Waals surface area contributed by atoms with Crippen LogP contribution in [0.4, 0.5) is 5.69 Å². The van der Waals surface area contributed by atoms with Gasteiger partial charge in [-0.25, -0.2) is 0 Å². The smallest absolute Gasteiger partial charge is 0.310 e. The number of amides is 1. The fourth-order valence-electron chi connectivity index (χ4n) is 1.34. The molecular weight excluding hydrogens is 210 g/mol. The Hall–Kier alpha value is -2.04. The van der Waals surface area contributed by atoms with E-state index < -0.39 is 0 Å². The molecular formula is C11H13NO4. The van der Waals surface area contributed by atoms with Crippen molar-refractivity contribution in [2.45, 2.75) is 6.42 Å². The predicted molar refractivity (Wildman–Crippen MR) is 58.4 cm³/mol. The van der Waals surface area contributed by atoms with Crippen molar-refractivity contribution in [2.75, 3.05) is 19.5 Å². The molecule has 16 heavy (non-hydrogen) atoms. The quantitative estimate of drug-likeness (QED) is 0.597. The second kappa shape index (κ2) is 5.75. The molecule has 0 aliphatic heterocycles. The molecule has 1 amide bonds. The second-order valence-electron chi connectivity index (χ2n) is 3.01. The van der Waals surface area contributed by atoms with Crippen LogP contribution >= 0.6 is 0 Å². The van der Waals surface area contributed by atoms with Gasteiger partial charge in [-0.3, -0.25) is 9.59 Å². The summed E-state index contributed by atoms with van der Waals surface area (Å²) in [5.41, 5.74) is 1.14. The van der Waals surface area contributed by atoms with Crippen molar-refractivity contribution >= 4 is 18.1 Å². The Labute approximate surface area is 93.4 Å². The lowest BCUT2D eigenvalue weighted by molar-refractivity contribution is -0.139. The van der Waals surface area contributed by atoms with Gasteiger partial charge < -0.3 is 14.8 Å². The average Bonchev–Trinajstić information content (AvgIpc) is 2.31. The summed E-state index contributed by atoms with van der Waals surface area (Å²) in [6.45, 7) is 0. The van der Waals surface area contributed by atoms with Crippen LogP contribution in [0.15, 0.2) is 18.2 Å². The first-order valence-corrected chi connectivity index (χ1v) is 4.65. The van der Waals surface area contributed by atoms with Crippen LogP contribution in [0.2, 0.25) is 0 Å². The number of anilines is 1. The van der Waals surface area contributed by atoms with Gasteiger partial charge in [0.1, 0.15) is 5.75 Å². The minimum atomic E-state index is -0.373. The lowest BCUT2D eigenvalue weighted by Gasteiger charge is -2.11. The van der Waals surface area contributed by atoms with Crippen molar-refractivity contribution in [3.63, 3.8) is 0 Å². The monoisotopic (exact) mass is 223 g/mol. The zero-order chi connectivity index (χ0) is 12.0. The predicted octanol–water partition coefficient (Wildman–Crippen LogP) is 0.979. The molecule has 0 atom stereocenters. The van der Waals surface area contributed by atoms with Gasteiger partial charge in [-0.15, -0.1) is 0 Å². The highest BCUT2D eigenvalue weighted by molar-refractivity contribution is 5.82. The molecule has 0 spiro atoms. The van der Waals surface area contributed by atoms with Gasteiger partial charge >= 0.3 is 5.97 Å². The van der Waals surface area contributed by atoms with E-state index >= 15 is 0 Å². The molecule has 0 fully saturated rings. The number of hydrogen-bond acceptors (Lipinski definition) is 4. The van der Waals surface area contributed by atoms with E-state index in [4.69, 9.17) is 4.74 Å². The number of para-hydroxylation sites is 1. The van der Waals surface area contributed by atoms with Gasteiger partial charge in [0.15, 0.2) is 0 Å². The Morgan fingerprint density at radius 1 is 1.44 bits per heavy atom. The van der Waals surface area contributed by atoms with Crippen LogP contribution in [0.5, 0.6) is 5.75 Å². The third-order valence-corrected chi connectivity index (χ3v) is 2.10. The Morgan fingerprint density at radius 3 is 2.75 bits per heavy atom. The highest BCUT2D eigenvalue weighted by Crippen LogP contribution is 2.28. The number of benzene rings is 1. The van der Waals surface area contributed by atoms with E-state index in [1.165, 1.54) is 14.2 Å². The van der Waals surface area contributed by atoms with Crippen molar-refractivity contribution in [3.8, 4) is 5.75 Å². The molecule has 0 saturated heterocycles. The molecule has 0 radical (unpaired) electrons. The lowest BCUT2D eigenvalue weighted by atomic mass is 10.1. The molecule has 5 heteroatoms.